The van der Waals surface area contributed by atoms with Gasteiger partial charge in [0.25, 0.3) is 0 Å². The molecule has 2 saturated carbocycles. The summed E-state index contributed by atoms with van der Waals surface area (Å²) in [6, 6.07) is 0. The van der Waals surface area contributed by atoms with Crippen molar-refractivity contribution in [2.45, 2.75) is 73.0 Å². The highest BCUT2D eigenvalue weighted by Gasteiger charge is 2.55. The number of ketones is 1. The first-order valence-electron chi connectivity index (χ1n) is 10.1. The first-order chi connectivity index (χ1) is 12.5. The van der Waals surface area contributed by atoms with E-state index in [1.165, 1.54) is 6.92 Å². The monoisotopic (exact) mass is 378 g/mol. The summed E-state index contributed by atoms with van der Waals surface area (Å²) in [6.45, 7) is 15.6. The van der Waals surface area contributed by atoms with Gasteiger partial charge >= 0.3 is 11.9 Å². The second-order valence-corrected chi connectivity index (χ2v) is 8.99. The van der Waals surface area contributed by atoms with Gasteiger partial charge in [-0.15, -0.1) is 0 Å². The van der Waals surface area contributed by atoms with Gasteiger partial charge in [-0.3, -0.25) is 14.4 Å². The Bertz CT molecular complexity index is 606. The topological polar surface area (TPSA) is 69.7 Å². The molecule has 6 atom stereocenters. The van der Waals surface area contributed by atoms with E-state index in [-0.39, 0.29) is 53.4 Å². The van der Waals surface area contributed by atoms with Crippen molar-refractivity contribution in [3.05, 3.63) is 12.2 Å². The van der Waals surface area contributed by atoms with Crippen LogP contribution in [0.25, 0.3) is 0 Å². The lowest BCUT2D eigenvalue weighted by Crippen LogP contribution is -2.44. The molecule has 0 saturated heterocycles. The molecule has 152 valence electrons. The highest BCUT2D eigenvalue weighted by Crippen LogP contribution is 2.53. The zero-order valence-electron chi connectivity index (χ0n) is 17.5. The normalized spacial score (nSPS) is 31.8. The minimum Gasteiger partial charge on any atom is -0.462 e. The molecule has 0 radical (unpaired) electrons. The molecule has 0 aromatic carbocycles. The first kappa shape index (κ1) is 21.6. The number of fused-ring (bicyclic) bond motifs is 1. The Balaban J connectivity index is 2.25. The predicted octanol–water partition coefficient (Wildman–Crippen LogP) is 3.95. The van der Waals surface area contributed by atoms with Crippen molar-refractivity contribution >= 4 is 17.7 Å². The molecule has 0 heterocycles. The number of hydrogen-bond donors (Lipinski definition) is 0. The van der Waals surface area contributed by atoms with Gasteiger partial charge in [0.2, 0.25) is 0 Å². The maximum Gasteiger partial charge on any atom is 0.306 e. The molecule has 5 heteroatoms. The maximum atomic E-state index is 12.8. The number of carbonyl (C=O) groups is 3. The number of esters is 2. The van der Waals surface area contributed by atoms with Gasteiger partial charge in [-0.05, 0) is 48.5 Å². The minimum atomic E-state index is -0.445. The second kappa shape index (κ2) is 8.57. The van der Waals surface area contributed by atoms with E-state index in [1.807, 2.05) is 13.8 Å². The van der Waals surface area contributed by atoms with Gasteiger partial charge in [0.1, 0.15) is 18.0 Å². The van der Waals surface area contributed by atoms with Crippen molar-refractivity contribution in [1.29, 1.82) is 0 Å². The van der Waals surface area contributed by atoms with Crippen LogP contribution >= 0.6 is 0 Å². The summed E-state index contributed by atoms with van der Waals surface area (Å²) < 4.78 is 11.1. The van der Waals surface area contributed by atoms with Crippen molar-refractivity contribution in [1.82, 2.24) is 0 Å². The summed E-state index contributed by atoms with van der Waals surface area (Å²) >= 11 is 0. The lowest BCUT2D eigenvalue weighted by Gasteiger charge is -2.44. The van der Waals surface area contributed by atoms with Crippen LogP contribution in [0.5, 0.6) is 0 Å². The fourth-order valence-electron chi connectivity index (χ4n) is 4.98. The number of Topliss-reactive ketones (excluding diaryl/α,β-unsaturated/α-hetero) is 1. The summed E-state index contributed by atoms with van der Waals surface area (Å²) in [7, 11) is 0. The molecule has 0 aromatic heterocycles. The van der Waals surface area contributed by atoms with Gasteiger partial charge < -0.3 is 9.47 Å². The van der Waals surface area contributed by atoms with Crippen molar-refractivity contribution in [2.24, 2.45) is 35.5 Å². The van der Waals surface area contributed by atoms with Crippen LogP contribution in [0.4, 0.5) is 0 Å². The van der Waals surface area contributed by atoms with Crippen LogP contribution in [-0.2, 0) is 23.9 Å². The van der Waals surface area contributed by atoms with Crippen LogP contribution in [0.15, 0.2) is 12.2 Å². The molecule has 27 heavy (non-hydrogen) atoms. The van der Waals surface area contributed by atoms with Crippen molar-refractivity contribution in [2.75, 3.05) is 0 Å². The quantitative estimate of drug-likeness (QED) is 0.517. The molecule has 0 aliphatic heterocycles. The van der Waals surface area contributed by atoms with E-state index in [1.54, 1.807) is 6.92 Å². The number of ether oxygens (including phenoxy) is 2. The molecular formula is C22H34O5. The van der Waals surface area contributed by atoms with Crippen LogP contribution in [0.1, 0.15) is 60.8 Å². The predicted molar refractivity (Wildman–Crippen MR) is 103 cm³/mol. The minimum absolute atomic E-state index is 0.0153. The first-order valence-corrected chi connectivity index (χ1v) is 10.1. The van der Waals surface area contributed by atoms with Gasteiger partial charge in [0.05, 0.1) is 5.92 Å². The van der Waals surface area contributed by atoms with Crippen molar-refractivity contribution in [3.8, 4) is 0 Å². The van der Waals surface area contributed by atoms with Crippen LogP contribution < -0.4 is 0 Å². The smallest absolute Gasteiger partial charge is 0.306 e. The molecule has 2 fully saturated rings. The van der Waals surface area contributed by atoms with E-state index in [9.17, 15) is 14.4 Å². The van der Waals surface area contributed by atoms with Crippen molar-refractivity contribution in [3.63, 3.8) is 0 Å². The number of carbonyl (C=O) groups excluding carboxylic acids is 3. The summed E-state index contributed by atoms with van der Waals surface area (Å²) in [5.74, 6) is 0.0980. The Morgan fingerprint density at radius 2 is 1.81 bits per heavy atom. The average Bonchev–Trinajstić information content (AvgIpc) is 2.85. The van der Waals surface area contributed by atoms with Crippen molar-refractivity contribution < 1.29 is 23.9 Å². The zero-order valence-corrected chi connectivity index (χ0v) is 17.5. The van der Waals surface area contributed by atoms with E-state index in [2.05, 4.69) is 20.4 Å². The molecule has 0 unspecified atom stereocenters. The van der Waals surface area contributed by atoms with Crippen LogP contribution in [-0.4, -0.2) is 29.9 Å². The van der Waals surface area contributed by atoms with Gasteiger partial charge in [-0.1, -0.05) is 34.3 Å². The Morgan fingerprint density at radius 3 is 2.33 bits per heavy atom. The zero-order chi connectivity index (χ0) is 20.5. The fourth-order valence-corrected chi connectivity index (χ4v) is 4.98. The third kappa shape index (κ3) is 4.80. The molecule has 0 N–H and O–H groups in total. The van der Waals surface area contributed by atoms with E-state index in [4.69, 9.17) is 9.47 Å². The summed E-state index contributed by atoms with van der Waals surface area (Å²) in [5.41, 5.74) is 0.847. The molecule has 2 rings (SSSR count). The van der Waals surface area contributed by atoms with Crippen LogP contribution in [0, 0.1) is 35.5 Å². The van der Waals surface area contributed by atoms with Gasteiger partial charge in [0, 0.05) is 19.8 Å². The number of hydrogen-bond acceptors (Lipinski definition) is 5. The SMILES string of the molecule is C=C1[C@H](OC(=O)CC(C)C)C[C@@H](C(C)C)[C@@H]2[C@@H]([C@@H](C)OC(C)=O)C(=O)C[C@@H]12. The molecular weight excluding hydrogens is 344 g/mol. The lowest BCUT2D eigenvalue weighted by molar-refractivity contribution is -0.155. The third-order valence-corrected chi connectivity index (χ3v) is 6.11. The molecule has 2 aliphatic carbocycles. The second-order valence-electron chi connectivity index (χ2n) is 8.99. The fraction of sp³-hybridized carbons (Fsp3) is 0.773. The third-order valence-electron chi connectivity index (χ3n) is 6.11. The van der Waals surface area contributed by atoms with E-state index in [0.29, 0.717) is 25.2 Å². The molecule has 5 nitrogen and oxygen atoms in total. The van der Waals surface area contributed by atoms with Crippen LogP contribution in [0.2, 0.25) is 0 Å². The summed E-state index contributed by atoms with van der Waals surface area (Å²) in [5, 5.41) is 0. The summed E-state index contributed by atoms with van der Waals surface area (Å²) in [6.07, 6.45) is 0.675. The molecule has 2 aliphatic rings. The standard InChI is InChI=1S/C22H34O5/c1-11(2)8-20(25)27-19-10-16(12(3)4)22-17(13(19)5)9-18(24)21(22)14(6)26-15(7)23/h11-12,14,16-17,19,21-22H,5,8-10H2,1-4,6-7H3/t14-,16+,17+,19-,21+,22+/m1/s1. The van der Waals surface area contributed by atoms with E-state index < -0.39 is 6.10 Å². The van der Waals surface area contributed by atoms with E-state index >= 15 is 0 Å². The lowest BCUT2D eigenvalue weighted by atomic mass is 9.63. The molecule has 0 aromatic rings. The molecule has 0 spiro atoms. The maximum absolute atomic E-state index is 12.8. The van der Waals surface area contributed by atoms with Gasteiger partial charge in [-0.2, -0.15) is 0 Å². The molecule has 0 amide bonds. The largest absolute Gasteiger partial charge is 0.462 e. The average molecular weight is 379 g/mol. The van der Waals surface area contributed by atoms with Gasteiger partial charge in [-0.25, -0.2) is 0 Å². The Morgan fingerprint density at radius 1 is 1.19 bits per heavy atom. The highest BCUT2D eigenvalue weighted by molar-refractivity contribution is 5.85. The molecule has 0 bridgehead atoms. The van der Waals surface area contributed by atoms with E-state index in [0.717, 1.165) is 5.57 Å². The van der Waals surface area contributed by atoms with Crippen LogP contribution in [0.3, 0.4) is 0 Å². The summed E-state index contributed by atoms with van der Waals surface area (Å²) in [4.78, 5) is 36.4. The highest BCUT2D eigenvalue weighted by atomic mass is 16.5. The number of rotatable bonds is 6. The Hall–Kier alpha value is -1.65. The Labute approximate surface area is 162 Å². The Kier molecular flexibility index (Phi) is 6.87. The van der Waals surface area contributed by atoms with Gasteiger partial charge in [0.15, 0.2) is 0 Å².